The number of aliphatic imine (C=N–C) groups is 1. The van der Waals surface area contributed by atoms with E-state index in [2.05, 4.69) is 40.7 Å². The van der Waals surface area contributed by atoms with Gasteiger partial charge in [-0.2, -0.15) is 0 Å². The molecule has 30 heavy (non-hydrogen) atoms. The van der Waals surface area contributed by atoms with Crippen LogP contribution in [0.15, 0.2) is 47.5 Å². The molecular weight excluding hydrogens is 496 g/mol. The van der Waals surface area contributed by atoms with Crippen molar-refractivity contribution in [2.75, 3.05) is 33.4 Å². The van der Waals surface area contributed by atoms with Crippen LogP contribution in [0.4, 0.5) is 4.39 Å². The summed E-state index contributed by atoms with van der Waals surface area (Å²) in [6.45, 7) is 5.63. The minimum absolute atomic E-state index is 0. The monoisotopic (exact) mass is 527 g/mol. The van der Waals surface area contributed by atoms with Gasteiger partial charge in [-0.25, -0.2) is 4.39 Å². The minimum atomic E-state index is -0.207. The second-order valence-electron chi connectivity index (χ2n) is 7.38. The molecule has 0 amide bonds. The lowest BCUT2D eigenvalue weighted by atomic mass is 10.1. The number of nitrogens with zero attached hydrogens (tertiary/aromatic N) is 1. The van der Waals surface area contributed by atoms with E-state index < -0.39 is 0 Å². The van der Waals surface area contributed by atoms with Crippen LogP contribution < -0.4 is 15.4 Å². The number of halogens is 2. The Kier molecular flexibility index (Phi) is 10.4. The zero-order valence-electron chi connectivity index (χ0n) is 17.6. The predicted molar refractivity (Wildman–Crippen MR) is 129 cm³/mol. The number of hydrogen-bond donors (Lipinski definition) is 2. The average molecular weight is 527 g/mol. The van der Waals surface area contributed by atoms with E-state index in [1.807, 2.05) is 6.07 Å². The molecule has 1 aliphatic rings. The first-order valence-corrected chi connectivity index (χ1v) is 10.1. The maximum absolute atomic E-state index is 13.3. The van der Waals surface area contributed by atoms with Crippen molar-refractivity contribution in [2.45, 2.75) is 26.3 Å². The van der Waals surface area contributed by atoms with Gasteiger partial charge in [-0.1, -0.05) is 24.3 Å². The molecule has 0 radical (unpaired) electrons. The zero-order chi connectivity index (χ0) is 20.5. The Balaban J connectivity index is 0.00000320. The van der Waals surface area contributed by atoms with Gasteiger partial charge in [0, 0.05) is 38.2 Å². The second-order valence-corrected chi connectivity index (χ2v) is 7.38. The van der Waals surface area contributed by atoms with Crippen LogP contribution in [0.25, 0.3) is 0 Å². The second kappa shape index (κ2) is 12.7. The van der Waals surface area contributed by atoms with Crippen molar-refractivity contribution >= 4 is 29.9 Å². The number of benzene rings is 2. The molecule has 1 unspecified atom stereocenters. The van der Waals surface area contributed by atoms with Crippen LogP contribution in [0, 0.1) is 18.7 Å². The molecule has 2 aromatic carbocycles. The van der Waals surface area contributed by atoms with Gasteiger partial charge in [0.15, 0.2) is 5.96 Å². The molecule has 3 rings (SSSR count). The molecule has 0 saturated carbocycles. The minimum Gasteiger partial charge on any atom is -0.493 e. The van der Waals surface area contributed by atoms with E-state index in [4.69, 9.17) is 9.47 Å². The van der Waals surface area contributed by atoms with Crippen molar-refractivity contribution in [1.29, 1.82) is 0 Å². The standard InChI is InChI=1S/C23H30FN3O2.HI/c1-17-6-7-20(22(12-17)29-16-19-9-11-28-15-19)14-27-23(25-2)26-10-8-18-4-3-5-21(24)13-18;/h3-7,12-13,19H,8-11,14-16H2,1-2H3,(H2,25,26,27);1H. The van der Waals surface area contributed by atoms with E-state index in [1.165, 1.54) is 11.6 Å². The van der Waals surface area contributed by atoms with Crippen molar-refractivity contribution < 1.29 is 13.9 Å². The topological polar surface area (TPSA) is 54.9 Å². The van der Waals surface area contributed by atoms with Gasteiger partial charge >= 0.3 is 0 Å². The van der Waals surface area contributed by atoms with Gasteiger partial charge in [0.2, 0.25) is 0 Å². The molecule has 1 aliphatic heterocycles. The molecule has 1 saturated heterocycles. The van der Waals surface area contributed by atoms with E-state index in [-0.39, 0.29) is 29.8 Å². The summed E-state index contributed by atoms with van der Waals surface area (Å²) >= 11 is 0. The molecule has 0 bridgehead atoms. The van der Waals surface area contributed by atoms with Crippen LogP contribution in [0.3, 0.4) is 0 Å². The summed E-state index contributed by atoms with van der Waals surface area (Å²) in [6, 6.07) is 12.9. The third-order valence-electron chi connectivity index (χ3n) is 4.99. The van der Waals surface area contributed by atoms with Gasteiger partial charge in [0.1, 0.15) is 11.6 Å². The maximum Gasteiger partial charge on any atom is 0.191 e. The van der Waals surface area contributed by atoms with Crippen molar-refractivity contribution in [3.63, 3.8) is 0 Å². The summed E-state index contributed by atoms with van der Waals surface area (Å²) in [5.41, 5.74) is 3.21. The quantitative estimate of drug-likeness (QED) is 0.309. The normalized spacial score (nSPS) is 16.1. The maximum atomic E-state index is 13.3. The highest BCUT2D eigenvalue weighted by atomic mass is 127. The van der Waals surface area contributed by atoms with Crippen molar-refractivity contribution in [3.8, 4) is 5.75 Å². The van der Waals surface area contributed by atoms with Gasteiger partial charge in [0.05, 0.1) is 13.2 Å². The number of aryl methyl sites for hydroxylation is 1. The Morgan fingerprint density at radius 1 is 1.23 bits per heavy atom. The lowest BCUT2D eigenvalue weighted by Gasteiger charge is -2.17. The van der Waals surface area contributed by atoms with Crippen molar-refractivity contribution in [3.05, 3.63) is 65.0 Å². The fourth-order valence-electron chi connectivity index (χ4n) is 3.28. The van der Waals surface area contributed by atoms with E-state index >= 15 is 0 Å². The number of guanidine groups is 1. The third kappa shape index (κ3) is 7.75. The van der Waals surface area contributed by atoms with E-state index in [0.29, 0.717) is 31.6 Å². The molecule has 5 nitrogen and oxygen atoms in total. The largest absolute Gasteiger partial charge is 0.493 e. The smallest absolute Gasteiger partial charge is 0.191 e. The molecule has 164 valence electrons. The first kappa shape index (κ1) is 24.4. The van der Waals surface area contributed by atoms with Gasteiger partial charge in [-0.15, -0.1) is 24.0 Å². The van der Waals surface area contributed by atoms with Crippen molar-refractivity contribution in [1.82, 2.24) is 10.6 Å². The van der Waals surface area contributed by atoms with Gasteiger partial charge in [0.25, 0.3) is 0 Å². The van der Waals surface area contributed by atoms with Crippen molar-refractivity contribution in [2.24, 2.45) is 10.9 Å². The summed E-state index contributed by atoms with van der Waals surface area (Å²) in [7, 11) is 1.74. The number of hydrogen-bond acceptors (Lipinski definition) is 3. The molecule has 0 spiro atoms. The molecule has 1 fully saturated rings. The SMILES string of the molecule is CN=C(NCCc1cccc(F)c1)NCc1ccc(C)cc1OCC1CCOC1.I. The fraction of sp³-hybridized carbons (Fsp3) is 0.435. The van der Waals surface area contributed by atoms with Crippen LogP contribution in [0.1, 0.15) is 23.1 Å². The Bertz CT molecular complexity index is 826. The van der Waals surface area contributed by atoms with Crippen LogP contribution in [0.5, 0.6) is 5.75 Å². The highest BCUT2D eigenvalue weighted by Crippen LogP contribution is 2.22. The Labute approximate surface area is 195 Å². The van der Waals surface area contributed by atoms with Gasteiger partial charge in [-0.05, 0) is 49.1 Å². The van der Waals surface area contributed by atoms with Gasteiger partial charge in [-0.3, -0.25) is 4.99 Å². The van der Waals surface area contributed by atoms with Crippen LogP contribution in [-0.2, 0) is 17.7 Å². The summed E-state index contributed by atoms with van der Waals surface area (Å²) in [5.74, 6) is 1.87. The first-order chi connectivity index (χ1) is 14.1. The molecule has 2 aromatic rings. The molecular formula is C23H31FIN3O2. The lowest BCUT2D eigenvalue weighted by molar-refractivity contribution is 0.166. The fourth-order valence-corrected chi connectivity index (χ4v) is 3.28. The van der Waals surface area contributed by atoms with E-state index in [1.54, 1.807) is 19.2 Å². The Morgan fingerprint density at radius 3 is 2.83 bits per heavy atom. The predicted octanol–water partition coefficient (Wildman–Crippen LogP) is 4.08. The highest BCUT2D eigenvalue weighted by molar-refractivity contribution is 14.0. The Morgan fingerprint density at radius 2 is 2.10 bits per heavy atom. The molecule has 1 heterocycles. The van der Waals surface area contributed by atoms with E-state index in [9.17, 15) is 4.39 Å². The van der Waals surface area contributed by atoms with E-state index in [0.717, 1.165) is 42.9 Å². The molecule has 2 N–H and O–H groups in total. The molecule has 1 atom stereocenters. The number of nitrogens with one attached hydrogen (secondary N) is 2. The van der Waals surface area contributed by atoms with Crippen LogP contribution >= 0.6 is 24.0 Å². The lowest BCUT2D eigenvalue weighted by Crippen LogP contribution is -2.38. The summed E-state index contributed by atoms with van der Waals surface area (Å²) in [5, 5.41) is 6.61. The highest BCUT2D eigenvalue weighted by Gasteiger charge is 2.17. The number of ether oxygens (including phenoxy) is 2. The summed E-state index contributed by atoms with van der Waals surface area (Å²) in [6.07, 6.45) is 1.78. The summed E-state index contributed by atoms with van der Waals surface area (Å²) in [4.78, 5) is 4.27. The number of rotatable bonds is 8. The third-order valence-corrected chi connectivity index (χ3v) is 4.99. The molecule has 7 heteroatoms. The van der Waals surface area contributed by atoms with Crippen LogP contribution in [0.2, 0.25) is 0 Å². The van der Waals surface area contributed by atoms with Gasteiger partial charge < -0.3 is 20.1 Å². The first-order valence-electron chi connectivity index (χ1n) is 10.1. The molecule has 0 aliphatic carbocycles. The zero-order valence-corrected chi connectivity index (χ0v) is 19.9. The Hall–Kier alpha value is -1.87. The summed E-state index contributed by atoms with van der Waals surface area (Å²) < 4.78 is 24.8. The van der Waals surface area contributed by atoms with Crippen LogP contribution in [-0.4, -0.2) is 39.4 Å². The molecule has 0 aromatic heterocycles. The average Bonchev–Trinajstić information content (AvgIpc) is 3.23.